The number of amides is 1. The summed E-state index contributed by atoms with van der Waals surface area (Å²) in [4.78, 5) is 12.7. The van der Waals surface area contributed by atoms with Crippen molar-refractivity contribution in [1.82, 2.24) is 10.6 Å². The van der Waals surface area contributed by atoms with Crippen LogP contribution in [0.2, 0.25) is 0 Å². The fraction of sp³-hybridized carbons (Fsp3) is 0.350. The van der Waals surface area contributed by atoms with Crippen molar-refractivity contribution in [3.63, 3.8) is 0 Å². The van der Waals surface area contributed by atoms with E-state index in [-0.39, 0.29) is 11.3 Å². The Morgan fingerprint density at radius 2 is 1.83 bits per heavy atom. The molecule has 2 aromatic rings. The maximum Gasteiger partial charge on any atom is 0.229 e. The van der Waals surface area contributed by atoms with Crippen molar-refractivity contribution in [2.45, 2.75) is 19.8 Å². The molecule has 0 unspecified atom stereocenters. The smallest absolute Gasteiger partial charge is 0.229 e. The third-order valence-electron chi connectivity index (χ3n) is 4.58. The third kappa shape index (κ3) is 3.80. The predicted molar refractivity (Wildman–Crippen MR) is 93.3 cm³/mol. The molecule has 1 amide bonds. The average Bonchev–Trinajstić information content (AvgIpc) is 2.52. The Hall–Kier alpha value is -2.13. The maximum atomic E-state index is 12.7. The highest BCUT2D eigenvalue weighted by Crippen LogP contribution is 2.28. The quantitative estimate of drug-likeness (QED) is 0.861. The van der Waals surface area contributed by atoms with Crippen LogP contribution < -0.4 is 10.6 Å². The molecule has 0 saturated carbocycles. The van der Waals surface area contributed by atoms with E-state index in [9.17, 15) is 4.79 Å². The van der Waals surface area contributed by atoms with E-state index < -0.39 is 0 Å². The molecule has 1 aliphatic rings. The molecule has 1 fully saturated rings. The lowest BCUT2D eigenvalue weighted by atomic mass is 9.75. The summed E-state index contributed by atoms with van der Waals surface area (Å²) in [5.74, 6) is 0.174. The highest BCUT2D eigenvalue weighted by atomic mass is 16.2. The van der Waals surface area contributed by atoms with Crippen LogP contribution in [0.4, 0.5) is 0 Å². The molecule has 2 N–H and O–H groups in total. The zero-order chi connectivity index (χ0) is 16.1. The van der Waals surface area contributed by atoms with Gasteiger partial charge in [-0.1, -0.05) is 60.2 Å². The number of hydrogen-bond donors (Lipinski definition) is 2. The van der Waals surface area contributed by atoms with Gasteiger partial charge in [-0.05, 0) is 30.9 Å². The summed E-state index contributed by atoms with van der Waals surface area (Å²) < 4.78 is 0. The van der Waals surface area contributed by atoms with E-state index in [4.69, 9.17) is 0 Å². The van der Waals surface area contributed by atoms with Crippen molar-refractivity contribution in [3.8, 4) is 0 Å². The zero-order valence-corrected chi connectivity index (χ0v) is 13.6. The summed E-state index contributed by atoms with van der Waals surface area (Å²) in [7, 11) is 0. The van der Waals surface area contributed by atoms with Crippen molar-refractivity contribution in [3.05, 3.63) is 71.3 Å². The van der Waals surface area contributed by atoms with E-state index in [0.29, 0.717) is 6.54 Å². The van der Waals surface area contributed by atoms with Gasteiger partial charge in [-0.3, -0.25) is 4.79 Å². The monoisotopic (exact) mass is 308 g/mol. The minimum atomic E-state index is -0.284. The average molecular weight is 308 g/mol. The van der Waals surface area contributed by atoms with Crippen molar-refractivity contribution in [2.75, 3.05) is 19.6 Å². The molecule has 0 bridgehead atoms. The van der Waals surface area contributed by atoms with Gasteiger partial charge >= 0.3 is 0 Å². The van der Waals surface area contributed by atoms with Crippen LogP contribution in [-0.2, 0) is 17.6 Å². The summed E-state index contributed by atoms with van der Waals surface area (Å²) in [6.45, 7) is 4.31. The van der Waals surface area contributed by atoms with Crippen LogP contribution in [0.5, 0.6) is 0 Å². The lowest BCUT2D eigenvalue weighted by Crippen LogP contribution is -2.62. The molecule has 3 rings (SSSR count). The highest BCUT2D eigenvalue weighted by molar-refractivity contribution is 5.84. The van der Waals surface area contributed by atoms with Gasteiger partial charge in [-0.15, -0.1) is 0 Å². The van der Waals surface area contributed by atoms with Crippen molar-refractivity contribution in [2.24, 2.45) is 5.41 Å². The van der Waals surface area contributed by atoms with E-state index in [1.807, 2.05) is 18.2 Å². The van der Waals surface area contributed by atoms with E-state index >= 15 is 0 Å². The van der Waals surface area contributed by atoms with Gasteiger partial charge in [0.25, 0.3) is 0 Å². The fourth-order valence-electron chi connectivity index (χ4n) is 3.15. The van der Waals surface area contributed by atoms with Gasteiger partial charge in [0.05, 0.1) is 5.41 Å². The Morgan fingerprint density at radius 3 is 2.48 bits per heavy atom. The Morgan fingerprint density at radius 1 is 1.09 bits per heavy atom. The molecular weight excluding hydrogens is 284 g/mol. The molecule has 1 saturated heterocycles. The van der Waals surface area contributed by atoms with Crippen LogP contribution in [0.1, 0.15) is 16.7 Å². The Bertz CT molecular complexity index is 662. The molecule has 0 aromatic heterocycles. The molecule has 0 spiro atoms. The summed E-state index contributed by atoms with van der Waals surface area (Å²) in [6, 6.07) is 18.7. The largest absolute Gasteiger partial charge is 0.355 e. The highest BCUT2D eigenvalue weighted by Gasteiger charge is 2.43. The summed E-state index contributed by atoms with van der Waals surface area (Å²) in [5, 5.41) is 6.39. The lowest BCUT2D eigenvalue weighted by molar-refractivity contribution is -0.133. The lowest BCUT2D eigenvalue weighted by Gasteiger charge is -2.41. The molecule has 3 nitrogen and oxygen atoms in total. The first-order valence-electron chi connectivity index (χ1n) is 8.26. The van der Waals surface area contributed by atoms with E-state index in [2.05, 4.69) is 54.0 Å². The number of benzene rings is 2. The van der Waals surface area contributed by atoms with Crippen molar-refractivity contribution in [1.29, 1.82) is 0 Å². The van der Waals surface area contributed by atoms with Crippen LogP contribution in [-0.4, -0.2) is 25.5 Å². The van der Waals surface area contributed by atoms with Gasteiger partial charge in [-0.2, -0.15) is 0 Å². The van der Waals surface area contributed by atoms with Gasteiger partial charge < -0.3 is 10.6 Å². The van der Waals surface area contributed by atoms with E-state index in [0.717, 1.165) is 25.9 Å². The minimum absolute atomic E-state index is 0.174. The van der Waals surface area contributed by atoms with Crippen molar-refractivity contribution >= 4 is 5.91 Å². The van der Waals surface area contributed by atoms with Gasteiger partial charge in [0.15, 0.2) is 0 Å². The molecule has 0 aliphatic carbocycles. The number of rotatable bonds is 6. The van der Waals surface area contributed by atoms with Crippen LogP contribution in [0.3, 0.4) is 0 Å². The van der Waals surface area contributed by atoms with Crippen LogP contribution in [0.15, 0.2) is 54.6 Å². The van der Waals surface area contributed by atoms with Crippen LogP contribution >= 0.6 is 0 Å². The van der Waals surface area contributed by atoms with Gasteiger partial charge in [0, 0.05) is 19.6 Å². The maximum absolute atomic E-state index is 12.7. The minimum Gasteiger partial charge on any atom is -0.355 e. The second-order valence-corrected chi connectivity index (χ2v) is 6.54. The second kappa shape index (κ2) is 6.97. The molecule has 120 valence electrons. The fourth-order valence-corrected chi connectivity index (χ4v) is 3.15. The molecular formula is C20H24N2O. The normalized spacial score (nSPS) is 15.7. The topological polar surface area (TPSA) is 41.1 Å². The van der Waals surface area contributed by atoms with Gasteiger partial charge in [-0.25, -0.2) is 0 Å². The van der Waals surface area contributed by atoms with Crippen molar-refractivity contribution < 1.29 is 4.79 Å². The molecule has 2 aromatic carbocycles. The molecule has 3 heteroatoms. The molecule has 0 atom stereocenters. The number of carbonyl (C=O) groups is 1. The Kier molecular flexibility index (Phi) is 4.77. The summed E-state index contributed by atoms with van der Waals surface area (Å²) in [6.07, 6.45) is 1.68. The van der Waals surface area contributed by atoms with Gasteiger partial charge in [0.2, 0.25) is 5.91 Å². The van der Waals surface area contributed by atoms with Gasteiger partial charge in [0.1, 0.15) is 0 Å². The number of carbonyl (C=O) groups excluding carboxylic acids is 1. The zero-order valence-electron chi connectivity index (χ0n) is 13.6. The molecule has 23 heavy (non-hydrogen) atoms. The number of nitrogens with one attached hydrogen (secondary N) is 2. The summed E-state index contributed by atoms with van der Waals surface area (Å²) in [5.41, 5.74) is 3.48. The number of aryl methyl sites for hydroxylation is 1. The SMILES string of the molecule is Cc1cccc(CCNC(=O)C2(Cc3ccccc3)CNC2)c1. The third-order valence-corrected chi connectivity index (χ3v) is 4.58. The van der Waals surface area contributed by atoms with E-state index in [1.165, 1.54) is 16.7 Å². The first kappa shape index (κ1) is 15.8. The Balaban J connectivity index is 1.56. The first-order valence-corrected chi connectivity index (χ1v) is 8.26. The Labute approximate surface area is 138 Å². The second-order valence-electron chi connectivity index (χ2n) is 6.54. The van der Waals surface area contributed by atoms with Crippen LogP contribution in [0, 0.1) is 12.3 Å². The van der Waals surface area contributed by atoms with E-state index in [1.54, 1.807) is 0 Å². The number of hydrogen-bond acceptors (Lipinski definition) is 2. The summed E-state index contributed by atoms with van der Waals surface area (Å²) >= 11 is 0. The molecule has 1 heterocycles. The van der Waals surface area contributed by atoms with Crippen LogP contribution in [0.25, 0.3) is 0 Å². The first-order chi connectivity index (χ1) is 11.2. The molecule has 1 aliphatic heterocycles. The predicted octanol–water partition coefficient (Wildman–Crippen LogP) is 2.49. The molecule has 0 radical (unpaired) electrons. The standard InChI is InChI=1S/C20H24N2O/c1-16-6-5-9-17(12-16)10-11-22-19(23)20(14-21-15-20)13-18-7-3-2-4-8-18/h2-9,12,21H,10-11,13-15H2,1H3,(H,22,23).